The van der Waals surface area contributed by atoms with Crippen molar-refractivity contribution in [3.05, 3.63) is 35.5 Å². The van der Waals surface area contributed by atoms with Crippen LogP contribution >= 0.6 is 0 Å². The van der Waals surface area contributed by atoms with Gasteiger partial charge in [-0.1, -0.05) is 18.2 Å². The molecule has 1 aliphatic rings. The normalized spacial score (nSPS) is 16.3. The number of rotatable bonds is 3. The van der Waals surface area contributed by atoms with E-state index >= 15 is 0 Å². The number of hydrogen-bond acceptors (Lipinski definition) is 3. The molecule has 3 rings (SSSR count). The summed E-state index contributed by atoms with van der Waals surface area (Å²) < 4.78 is 12.7. The maximum absolute atomic E-state index is 12.1. The fraction of sp³-hybridized carbons (Fsp3) is 0.471. The molecule has 0 bridgehead atoms. The fourth-order valence-electron chi connectivity index (χ4n) is 3.21. The predicted octanol–water partition coefficient (Wildman–Crippen LogP) is 3.16. The largest absolute Gasteiger partial charge is 0.465 e. The molecule has 2 heterocycles. The zero-order chi connectivity index (χ0) is 14.8. The lowest BCUT2D eigenvalue weighted by atomic mass is 10.0. The van der Waals surface area contributed by atoms with Crippen molar-refractivity contribution < 1.29 is 14.3 Å². The molecule has 0 aliphatic carbocycles. The first-order valence-corrected chi connectivity index (χ1v) is 7.46. The van der Waals surface area contributed by atoms with Gasteiger partial charge >= 0.3 is 5.97 Å². The summed E-state index contributed by atoms with van der Waals surface area (Å²) in [6, 6.07) is 8.06. The van der Waals surface area contributed by atoms with E-state index in [4.69, 9.17) is 9.47 Å². The van der Waals surface area contributed by atoms with Gasteiger partial charge in [-0.15, -0.1) is 0 Å². The summed E-state index contributed by atoms with van der Waals surface area (Å²) in [6.07, 6.45) is 2.17. The predicted molar refractivity (Wildman–Crippen MR) is 81.6 cm³/mol. The highest BCUT2D eigenvalue weighted by atomic mass is 16.5. The molecule has 112 valence electrons. The van der Waals surface area contributed by atoms with E-state index in [0.29, 0.717) is 11.5 Å². The number of aromatic nitrogens is 1. The number of esters is 1. The number of fused-ring (bicyclic) bond motifs is 1. The monoisotopic (exact) mass is 287 g/mol. The molecule has 0 radical (unpaired) electrons. The van der Waals surface area contributed by atoms with Crippen LogP contribution in [0.1, 0.15) is 28.9 Å². The molecule has 1 aromatic heterocycles. The second-order valence-electron chi connectivity index (χ2n) is 5.64. The molecule has 0 atom stereocenters. The van der Waals surface area contributed by atoms with Gasteiger partial charge in [0.1, 0.15) is 0 Å². The Bertz CT molecular complexity index is 653. The maximum Gasteiger partial charge on any atom is 0.340 e. The molecule has 0 unspecified atom stereocenters. The Morgan fingerprint density at radius 1 is 1.33 bits per heavy atom. The van der Waals surface area contributed by atoms with Crippen LogP contribution in [-0.4, -0.2) is 30.9 Å². The summed E-state index contributed by atoms with van der Waals surface area (Å²) in [5.41, 5.74) is 2.80. The molecule has 0 spiro atoms. The SMILES string of the molecule is COC(=O)c1c(C)n(CC2CCOCC2)c2ccccc12. The highest BCUT2D eigenvalue weighted by Gasteiger charge is 2.22. The molecule has 0 amide bonds. The maximum atomic E-state index is 12.1. The summed E-state index contributed by atoms with van der Waals surface area (Å²) in [5.74, 6) is 0.355. The van der Waals surface area contributed by atoms with Gasteiger partial charge in [0.25, 0.3) is 0 Å². The van der Waals surface area contributed by atoms with Crippen LogP contribution in [-0.2, 0) is 16.0 Å². The molecular formula is C17H21NO3. The lowest BCUT2D eigenvalue weighted by Crippen LogP contribution is -2.21. The highest BCUT2D eigenvalue weighted by molar-refractivity contribution is 6.05. The minimum absolute atomic E-state index is 0.255. The summed E-state index contributed by atoms with van der Waals surface area (Å²) in [6.45, 7) is 4.62. The topological polar surface area (TPSA) is 40.5 Å². The quantitative estimate of drug-likeness (QED) is 0.814. The van der Waals surface area contributed by atoms with Crippen LogP contribution in [0, 0.1) is 12.8 Å². The van der Waals surface area contributed by atoms with Crippen molar-refractivity contribution in [3.8, 4) is 0 Å². The number of carbonyl (C=O) groups excluding carboxylic acids is 1. The molecule has 1 saturated heterocycles. The van der Waals surface area contributed by atoms with Crippen molar-refractivity contribution in [2.45, 2.75) is 26.3 Å². The van der Waals surface area contributed by atoms with Gasteiger partial charge in [-0.2, -0.15) is 0 Å². The lowest BCUT2D eigenvalue weighted by molar-refractivity contribution is 0.0592. The van der Waals surface area contributed by atoms with E-state index in [9.17, 15) is 4.79 Å². The first kappa shape index (κ1) is 14.1. The number of carbonyl (C=O) groups is 1. The summed E-state index contributed by atoms with van der Waals surface area (Å²) >= 11 is 0. The van der Waals surface area contributed by atoms with Crippen LogP contribution in [0.2, 0.25) is 0 Å². The molecule has 1 aromatic carbocycles. The standard InChI is InChI=1S/C17H21NO3/c1-12-16(17(19)20-2)14-5-3-4-6-15(14)18(12)11-13-7-9-21-10-8-13/h3-6,13H,7-11H2,1-2H3. The van der Waals surface area contributed by atoms with Crippen LogP contribution in [0.25, 0.3) is 10.9 Å². The second-order valence-corrected chi connectivity index (χ2v) is 5.64. The summed E-state index contributed by atoms with van der Waals surface area (Å²) in [7, 11) is 1.44. The molecule has 4 heteroatoms. The third-order valence-electron chi connectivity index (χ3n) is 4.40. The Morgan fingerprint density at radius 3 is 2.76 bits per heavy atom. The number of para-hydroxylation sites is 1. The van der Waals surface area contributed by atoms with Crippen molar-refractivity contribution in [2.75, 3.05) is 20.3 Å². The average Bonchev–Trinajstić information content (AvgIpc) is 2.80. The van der Waals surface area contributed by atoms with Gasteiger partial charge in [-0.05, 0) is 31.7 Å². The van der Waals surface area contributed by atoms with Gasteiger partial charge in [0.05, 0.1) is 12.7 Å². The third kappa shape index (κ3) is 2.56. The zero-order valence-corrected chi connectivity index (χ0v) is 12.6. The van der Waals surface area contributed by atoms with Crippen LogP contribution in [0.15, 0.2) is 24.3 Å². The van der Waals surface area contributed by atoms with E-state index in [2.05, 4.69) is 10.6 Å². The van der Waals surface area contributed by atoms with Crippen LogP contribution < -0.4 is 0 Å². The van der Waals surface area contributed by atoms with E-state index in [-0.39, 0.29) is 5.97 Å². The minimum Gasteiger partial charge on any atom is -0.465 e. The number of methoxy groups -OCH3 is 1. The van der Waals surface area contributed by atoms with Crippen LogP contribution in [0.3, 0.4) is 0 Å². The van der Waals surface area contributed by atoms with Gasteiger partial charge in [0.2, 0.25) is 0 Å². The fourth-order valence-corrected chi connectivity index (χ4v) is 3.21. The summed E-state index contributed by atoms with van der Waals surface area (Å²) in [4.78, 5) is 12.1. The van der Waals surface area contributed by atoms with E-state index in [1.54, 1.807) is 0 Å². The summed E-state index contributed by atoms with van der Waals surface area (Å²) in [5, 5.41) is 0.980. The first-order valence-electron chi connectivity index (χ1n) is 7.46. The minimum atomic E-state index is -0.255. The van der Waals surface area contributed by atoms with Crippen LogP contribution in [0.4, 0.5) is 0 Å². The van der Waals surface area contributed by atoms with E-state index in [1.165, 1.54) is 7.11 Å². The number of nitrogens with zero attached hydrogens (tertiary/aromatic N) is 1. The zero-order valence-electron chi connectivity index (χ0n) is 12.6. The average molecular weight is 287 g/mol. The number of benzene rings is 1. The lowest BCUT2D eigenvalue weighted by Gasteiger charge is -2.23. The number of hydrogen-bond donors (Lipinski definition) is 0. The van der Waals surface area contributed by atoms with Crippen molar-refractivity contribution in [1.82, 2.24) is 4.57 Å². The van der Waals surface area contributed by atoms with Crippen molar-refractivity contribution in [1.29, 1.82) is 0 Å². The molecule has 2 aromatic rings. The van der Waals surface area contributed by atoms with E-state index in [1.807, 2.05) is 25.1 Å². The molecule has 1 aliphatic heterocycles. The molecular weight excluding hydrogens is 266 g/mol. The van der Waals surface area contributed by atoms with E-state index < -0.39 is 0 Å². The molecule has 0 N–H and O–H groups in total. The second kappa shape index (κ2) is 5.90. The number of ether oxygens (including phenoxy) is 2. The smallest absolute Gasteiger partial charge is 0.340 e. The Hall–Kier alpha value is -1.81. The van der Waals surface area contributed by atoms with Gasteiger partial charge < -0.3 is 14.0 Å². The Morgan fingerprint density at radius 2 is 2.05 bits per heavy atom. The Labute approximate surface area is 124 Å². The van der Waals surface area contributed by atoms with Crippen molar-refractivity contribution in [2.24, 2.45) is 5.92 Å². The molecule has 0 saturated carbocycles. The van der Waals surface area contributed by atoms with Crippen molar-refractivity contribution in [3.63, 3.8) is 0 Å². The third-order valence-corrected chi connectivity index (χ3v) is 4.40. The van der Waals surface area contributed by atoms with Crippen molar-refractivity contribution >= 4 is 16.9 Å². The van der Waals surface area contributed by atoms with Gasteiger partial charge in [-0.3, -0.25) is 0 Å². The Kier molecular flexibility index (Phi) is 3.97. The first-order chi connectivity index (χ1) is 10.2. The highest BCUT2D eigenvalue weighted by Crippen LogP contribution is 2.29. The molecule has 1 fully saturated rings. The van der Waals surface area contributed by atoms with Gasteiger partial charge in [0.15, 0.2) is 0 Å². The van der Waals surface area contributed by atoms with E-state index in [0.717, 1.165) is 49.2 Å². The van der Waals surface area contributed by atoms with Crippen LogP contribution in [0.5, 0.6) is 0 Å². The molecule has 4 nitrogen and oxygen atoms in total. The van der Waals surface area contributed by atoms with Gasteiger partial charge in [-0.25, -0.2) is 4.79 Å². The molecule has 21 heavy (non-hydrogen) atoms. The Balaban J connectivity index is 2.04. The van der Waals surface area contributed by atoms with Gasteiger partial charge in [0, 0.05) is 36.4 Å².